The molecule has 0 aliphatic carbocycles. The lowest BCUT2D eigenvalue weighted by atomic mass is 10.1. The molecule has 1 heterocycles. The number of halogens is 1. The van der Waals surface area contributed by atoms with Crippen LogP contribution in [-0.2, 0) is 4.79 Å². The van der Waals surface area contributed by atoms with Crippen molar-refractivity contribution in [2.24, 2.45) is 0 Å². The highest BCUT2D eigenvalue weighted by molar-refractivity contribution is 6.31. The van der Waals surface area contributed by atoms with Gasteiger partial charge in [0.15, 0.2) is 0 Å². The van der Waals surface area contributed by atoms with Gasteiger partial charge in [-0.2, -0.15) is 0 Å². The number of likely N-dealkylation sites (tertiary alicyclic amines) is 1. The topological polar surface area (TPSA) is 75.4 Å². The first-order valence-corrected chi connectivity index (χ1v) is 6.57. The molecule has 5 nitrogen and oxygen atoms in total. The minimum Gasteiger partial charge on any atom is -0.398 e. The molecule has 1 fully saturated rings. The highest BCUT2D eigenvalue weighted by atomic mass is 35.5. The maximum Gasteiger partial charge on any atom is 0.253 e. The number of amides is 2. The van der Waals surface area contributed by atoms with Crippen LogP contribution in [0.3, 0.4) is 0 Å². The van der Waals surface area contributed by atoms with E-state index in [9.17, 15) is 9.59 Å². The maximum atomic E-state index is 11.9. The molecule has 0 bridgehead atoms. The van der Waals surface area contributed by atoms with Gasteiger partial charge in [-0.05, 0) is 31.0 Å². The van der Waals surface area contributed by atoms with Crippen molar-refractivity contribution in [2.45, 2.75) is 12.8 Å². The summed E-state index contributed by atoms with van der Waals surface area (Å²) < 4.78 is 0. The number of hydrogen-bond acceptors (Lipinski definition) is 3. The van der Waals surface area contributed by atoms with Gasteiger partial charge in [-0.3, -0.25) is 9.59 Å². The first-order chi connectivity index (χ1) is 9.08. The van der Waals surface area contributed by atoms with E-state index in [2.05, 4.69) is 5.32 Å². The third-order valence-electron chi connectivity index (χ3n) is 3.12. The summed E-state index contributed by atoms with van der Waals surface area (Å²) in [4.78, 5) is 25.4. The number of carbonyl (C=O) groups excluding carboxylic acids is 2. The molecule has 0 radical (unpaired) electrons. The number of nitrogens with zero attached hydrogens (tertiary/aromatic N) is 1. The quantitative estimate of drug-likeness (QED) is 0.820. The van der Waals surface area contributed by atoms with Crippen LogP contribution < -0.4 is 11.1 Å². The van der Waals surface area contributed by atoms with Crippen molar-refractivity contribution in [3.63, 3.8) is 0 Å². The van der Waals surface area contributed by atoms with Crippen molar-refractivity contribution in [3.8, 4) is 0 Å². The Morgan fingerprint density at radius 2 is 2.00 bits per heavy atom. The van der Waals surface area contributed by atoms with Crippen molar-refractivity contribution in [2.75, 3.05) is 25.4 Å². The second kappa shape index (κ2) is 5.93. The summed E-state index contributed by atoms with van der Waals surface area (Å²) in [7, 11) is 0. The summed E-state index contributed by atoms with van der Waals surface area (Å²) in [5.41, 5.74) is 6.35. The molecule has 1 saturated heterocycles. The summed E-state index contributed by atoms with van der Waals surface area (Å²) in [6.07, 6.45) is 2.06. The molecule has 1 aromatic rings. The fraction of sp³-hybridized carbons (Fsp3) is 0.385. The summed E-state index contributed by atoms with van der Waals surface area (Å²) in [6, 6.07) is 4.65. The van der Waals surface area contributed by atoms with E-state index in [1.807, 2.05) is 0 Å². The SMILES string of the molecule is Nc1cc(Cl)ccc1C(=O)NCC(=O)N1CCCC1. The van der Waals surface area contributed by atoms with E-state index in [-0.39, 0.29) is 18.4 Å². The van der Waals surface area contributed by atoms with Gasteiger partial charge >= 0.3 is 0 Å². The Balaban J connectivity index is 1.92. The van der Waals surface area contributed by atoms with Crippen molar-refractivity contribution in [1.82, 2.24) is 10.2 Å². The summed E-state index contributed by atoms with van der Waals surface area (Å²) in [5.74, 6) is -0.417. The molecule has 102 valence electrons. The minimum atomic E-state index is -0.360. The first-order valence-electron chi connectivity index (χ1n) is 6.19. The molecule has 0 atom stereocenters. The average molecular weight is 282 g/mol. The second-order valence-electron chi connectivity index (χ2n) is 4.50. The van der Waals surface area contributed by atoms with Crippen molar-refractivity contribution in [3.05, 3.63) is 28.8 Å². The molecule has 0 spiro atoms. The smallest absolute Gasteiger partial charge is 0.253 e. The first kappa shape index (κ1) is 13.7. The van der Waals surface area contributed by atoms with Crippen LogP contribution in [0, 0.1) is 0 Å². The van der Waals surface area contributed by atoms with Crippen LogP contribution in [0.15, 0.2) is 18.2 Å². The van der Waals surface area contributed by atoms with E-state index in [1.54, 1.807) is 17.0 Å². The Morgan fingerprint density at radius 3 is 2.63 bits per heavy atom. The number of carbonyl (C=O) groups is 2. The van der Waals surface area contributed by atoms with Gasteiger partial charge in [0.05, 0.1) is 12.1 Å². The van der Waals surface area contributed by atoms with E-state index in [0.717, 1.165) is 25.9 Å². The highest BCUT2D eigenvalue weighted by Gasteiger charge is 2.18. The van der Waals surface area contributed by atoms with E-state index in [4.69, 9.17) is 17.3 Å². The van der Waals surface area contributed by atoms with Gasteiger partial charge in [-0.15, -0.1) is 0 Å². The van der Waals surface area contributed by atoms with Crippen LogP contribution in [0.2, 0.25) is 5.02 Å². The van der Waals surface area contributed by atoms with Gasteiger partial charge < -0.3 is 16.0 Å². The average Bonchev–Trinajstić information content (AvgIpc) is 2.89. The predicted molar refractivity (Wildman–Crippen MR) is 74.0 cm³/mol. The monoisotopic (exact) mass is 281 g/mol. The molecule has 3 N–H and O–H groups in total. The Hall–Kier alpha value is -1.75. The van der Waals surface area contributed by atoms with Gasteiger partial charge in [0.25, 0.3) is 5.91 Å². The molecule has 6 heteroatoms. The zero-order valence-electron chi connectivity index (χ0n) is 10.5. The van der Waals surface area contributed by atoms with Gasteiger partial charge in [-0.25, -0.2) is 0 Å². The van der Waals surface area contributed by atoms with Gasteiger partial charge in [0, 0.05) is 23.8 Å². The van der Waals surface area contributed by atoms with Gasteiger partial charge in [-0.1, -0.05) is 11.6 Å². The number of hydrogen-bond donors (Lipinski definition) is 2. The zero-order valence-corrected chi connectivity index (χ0v) is 11.2. The lowest BCUT2D eigenvalue weighted by Crippen LogP contribution is -2.38. The number of rotatable bonds is 3. The van der Waals surface area contributed by atoms with E-state index >= 15 is 0 Å². The van der Waals surface area contributed by atoms with Crippen LogP contribution >= 0.6 is 11.6 Å². The molecule has 0 aromatic heterocycles. The van der Waals surface area contributed by atoms with Crippen LogP contribution in [0.4, 0.5) is 5.69 Å². The lowest BCUT2D eigenvalue weighted by molar-refractivity contribution is -0.129. The van der Waals surface area contributed by atoms with E-state index < -0.39 is 0 Å². The van der Waals surface area contributed by atoms with Crippen LogP contribution in [0.1, 0.15) is 23.2 Å². The fourth-order valence-corrected chi connectivity index (χ4v) is 2.25. The van der Waals surface area contributed by atoms with Gasteiger partial charge in [0.2, 0.25) is 5.91 Å². The fourth-order valence-electron chi connectivity index (χ4n) is 2.07. The third-order valence-corrected chi connectivity index (χ3v) is 3.35. The Bertz CT molecular complexity index is 499. The molecule has 0 unspecified atom stereocenters. The number of anilines is 1. The number of nitrogen functional groups attached to an aromatic ring is 1. The van der Waals surface area contributed by atoms with Crippen LogP contribution in [0.25, 0.3) is 0 Å². The molecule has 1 aromatic carbocycles. The number of nitrogens with two attached hydrogens (primary N) is 1. The predicted octanol–water partition coefficient (Wildman–Crippen LogP) is 1.27. The van der Waals surface area contributed by atoms with Crippen molar-refractivity contribution < 1.29 is 9.59 Å². The van der Waals surface area contributed by atoms with Crippen LogP contribution in [-0.4, -0.2) is 36.3 Å². The minimum absolute atomic E-state index is 0.000893. The third kappa shape index (κ3) is 3.38. The Morgan fingerprint density at radius 1 is 1.32 bits per heavy atom. The molecule has 1 aliphatic rings. The summed E-state index contributed by atoms with van der Waals surface area (Å²) in [6.45, 7) is 1.55. The number of nitrogens with one attached hydrogen (secondary N) is 1. The van der Waals surface area contributed by atoms with Crippen molar-refractivity contribution in [1.29, 1.82) is 0 Å². The highest BCUT2D eigenvalue weighted by Crippen LogP contribution is 2.17. The zero-order chi connectivity index (χ0) is 13.8. The van der Waals surface area contributed by atoms with E-state index in [1.165, 1.54) is 6.07 Å². The lowest BCUT2D eigenvalue weighted by Gasteiger charge is -2.15. The standard InChI is InChI=1S/C13H16ClN3O2/c14-9-3-4-10(11(15)7-9)13(19)16-8-12(18)17-5-1-2-6-17/h3-4,7H,1-2,5-6,8,15H2,(H,16,19). The molecule has 2 amide bonds. The maximum absolute atomic E-state index is 11.9. The largest absolute Gasteiger partial charge is 0.398 e. The molecule has 0 saturated carbocycles. The molecule has 1 aliphatic heterocycles. The van der Waals surface area contributed by atoms with Gasteiger partial charge in [0.1, 0.15) is 0 Å². The summed E-state index contributed by atoms with van der Waals surface area (Å²) in [5, 5.41) is 3.06. The molecular formula is C13H16ClN3O2. The normalized spacial score (nSPS) is 14.5. The van der Waals surface area contributed by atoms with Crippen molar-refractivity contribution >= 4 is 29.1 Å². The molecule has 19 heavy (non-hydrogen) atoms. The Kier molecular flexibility index (Phi) is 4.27. The number of benzene rings is 1. The molecule has 2 rings (SSSR count). The summed E-state index contributed by atoms with van der Waals surface area (Å²) >= 11 is 5.76. The Labute approximate surface area is 116 Å². The second-order valence-corrected chi connectivity index (χ2v) is 4.94. The van der Waals surface area contributed by atoms with E-state index in [0.29, 0.717) is 16.3 Å². The molecular weight excluding hydrogens is 266 g/mol. The van der Waals surface area contributed by atoms with Crippen LogP contribution in [0.5, 0.6) is 0 Å².